The third-order valence-corrected chi connectivity index (χ3v) is 6.23. The molecule has 1 unspecified atom stereocenters. The molecule has 0 spiro atoms. The van der Waals surface area contributed by atoms with E-state index in [2.05, 4.69) is 100 Å². The average Bonchev–Trinajstić information content (AvgIpc) is 3.41. The predicted octanol–water partition coefficient (Wildman–Crippen LogP) is 6.18. The lowest BCUT2D eigenvalue weighted by Crippen LogP contribution is -1.98. The molecule has 1 atom stereocenters. The van der Waals surface area contributed by atoms with Crippen molar-refractivity contribution in [3.05, 3.63) is 108 Å². The Morgan fingerprint density at radius 2 is 1.54 bits per heavy atom. The highest BCUT2D eigenvalue weighted by Gasteiger charge is 2.28. The summed E-state index contributed by atoms with van der Waals surface area (Å²) in [5.74, 6) is 0.467. The first-order valence-electron chi connectivity index (χ1n) is 10.1. The highest BCUT2D eigenvalue weighted by Crippen LogP contribution is 2.41. The van der Waals surface area contributed by atoms with E-state index in [0.29, 0.717) is 5.92 Å². The minimum absolute atomic E-state index is 0.467. The number of para-hydroxylation sites is 2. The van der Waals surface area contributed by atoms with Crippen molar-refractivity contribution in [2.75, 3.05) is 0 Å². The quantitative estimate of drug-likeness (QED) is 0.363. The van der Waals surface area contributed by atoms with Gasteiger partial charge in [-0.1, -0.05) is 66.7 Å². The van der Waals surface area contributed by atoms with Crippen molar-refractivity contribution in [3.63, 3.8) is 0 Å². The van der Waals surface area contributed by atoms with E-state index in [0.717, 1.165) is 13.1 Å². The first-order chi connectivity index (χ1) is 13.9. The Balaban J connectivity index is 1.49. The summed E-state index contributed by atoms with van der Waals surface area (Å²) in [6.45, 7) is 2.02. The van der Waals surface area contributed by atoms with E-state index >= 15 is 0 Å². The molecule has 0 saturated heterocycles. The fourth-order valence-corrected chi connectivity index (χ4v) is 4.95. The molecule has 5 aromatic rings. The molecule has 3 heterocycles. The molecule has 0 amide bonds. The lowest BCUT2D eigenvalue weighted by atomic mass is 9.94. The second kappa shape index (κ2) is 6.13. The van der Waals surface area contributed by atoms with Crippen LogP contribution in [0.3, 0.4) is 0 Å². The van der Waals surface area contributed by atoms with Gasteiger partial charge in [0, 0.05) is 47.3 Å². The van der Waals surface area contributed by atoms with Crippen LogP contribution in [0.1, 0.15) is 29.2 Å². The van der Waals surface area contributed by atoms with Crippen LogP contribution < -0.4 is 0 Å². The van der Waals surface area contributed by atoms with E-state index in [9.17, 15) is 0 Å². The fraction of sp³-hybridized carbons (Fsp3) is 0.154. The van der Waals surface area contributed by atoms with Gasteiger partial charge in [0.25, 0.3) is 0 Å². The summed E-state index contributed by atoms with van der Waals surface area (Å²) in [6, 6.07) is 30.8. The Morgan fingerprint density at radius 3 is 2.43 bits per heavy atom. The van der Waals surface area contributed by atoms with Crippen molar-refractivity contribution in [2.24, 2.45) is 0 Å². The van der Waals surface area contributed by atoms with Crippen LogP contribution in [0.15, 0.2) is 91.1 Å². The molecule has 0 N–H and O–H groups in total. The molecule has 0 fully saturated rings. The van der Waals surface area contributed by atoms with Gasteiger partial charge in [-0.05, 0) is 41.1 Å². The monoisotopic (exact) mass is 362 g/mol. The SMILES string of the molecule is c1ccc(Cn2cc(C3CCn4c3cc3ccccc34)c3ccccc32)cc1. The second-order valence-corrected chi connectivity index (χ2v) is 7.84. The van der Waals surface area contributed by atoms with E-state index in [4.69, 9.17) is 0 Å². The van der Waals surface area contributed by atoms with Gasteiger partial charge in [-0.25, -0.2) is 0 Å². The van der Waals surface area contributed by atoms with Crippen LogP contribution in [0, 0.1) is 0 Å². The number of benzene rings is 3. The van der Waals surface area contributed by atoms with E-state index < -0.39 is 0 Å². The molecule has 0 saturated carbocycles. The molecule has 136 valence electrons. The number of fused-ring (bicyclic) bond motifs is 4. The van der Waals surface area contributed by atoms with Crippen LogP contribution in [-0.4, -0.2) is 9.13 Å². The van der Waals surface area contributed by atoms with E-state index in [-0.39, 0.29) is 0 Å². The van der Waals surface area contributed by atoms with Gasteiger partial charge in [-0.15, -0.1) is 0 Å². The molecule has 28 heavy (non-hydrogen) atoms. The van der Waals surface area contributed by atoms with Gasteiger partial charge in [-0.2, -0.15) is 0 Å². The molecule has 6 rings (SSSR count). The van der Waals surface area contributed by atoms with Crippen LogP contribution in [0.5, 0.6) is 0 Å². The van der Waals surface area contributed by atoms with E-state index in [1.807, 2.05) is 0 Å². The van der Waals surface area contributed by atoms with Gasteiger partial charge < -0.3 is 9.13 Å². The summed E-state index contributed by atoms with van der Waals surface area (Å²) in [6.07, 6.45) is 3.58. The number of rotatable bonds is 3. The largest absolute Gasteiger partial charge is 0.344 e. The normalized spacial score (nSPS) is 16.1. The average molecular weight is 362 g/mol. The summed E-state index contributed by atoms with van der Waals surface area (Å²) in [5.41, 5.74) is 6.97. The topological polar surface area (TPSA) is 9.86 Å². The maximum absolute atomic E-state index is 2.52. The lowest BCUT2D eigenvalue weighted by molar-refractivity contribution is 0.733. The number of aryl methyl sites for hydroxylation is 1. The Morgan fingerprint density at radius 1 is 0.786 bits per heavy atom. The zero-order chi connectivity index (χ0) is 18.5. The summed E-state index contributed by atoms with van der Waals surface area (Å²) < 4.78 is 4.94. The smallest absolute Gasteiger partial charge is 0.0486 e. The third kappa shape index (κ3) is 2.34. The molecular weight excluding hydrogens is 340 g/mol. The Bertz CT molecular complexity index is 1290. The first kappa shape index (κ1) is 15.8. The van der Waals surface area contributed by atoms with Gasteiger partial charge in [0.05, 0.1) is 0 Å². The molecule has 3 aromatic carbocycles. The van der Waals surface area contributed by atoms with Gasteiger partial charge in [-0.3, -0.25) is 0 Å². The molecule has 0 radical (unpaired) electrons. The second-order valence-electron chi connectivity index (χ2n) is 7.84. The standard InChI is InChI=1S/C26H22N2/c1-2-8-19(9-3-1)17-27-18-23(21-11-5-7-13-25(21)27)22-14-15-28-24-12-6-4-10-20(24)16-26(22)28/h1-13,16,18,22H,14-15,17H2. The Kier molecular flexibility index (Phi) is 3.45. The molecule has 0 aliphatic carbocycles. The Hall–Kier alpha value is -3.26. The lowest BCUT2D eigenvalue weighted by Gasteiger charge is -2.08. The molecule has 1 aliphatic rings. The third-order valence-electron chi connectivity index (χ3n) is 6.23. The predicted molar refractivity (Wildman–Crippen MR) is 116 cm³/mol. The van der Waals surface area contributed by atoms with Gasteiger partial charge in [0.1, 0.15) is 0 Å². The van der Waals surface area contributed by atoms with Crippen molar-refractivity contribution in [3.8, 4) is 0 Å². The maximum atomic E-state index is 2.52. The maximum Gasteiger partial charge on any atom is 0.0486 e. The van der Waals surface area contributed by atoms with E-state index in [1.54, 1.807) is 0 Å². The summed E-state index contributed by atoms with van der Waals surface area (Å²) >= 11 is 0. The number of nitrogens with zero attached hydrogens (tertiary/aromatic N) is 2. The van der Waals surface area contributed by atoms with Crippen molar-refractivity contribution >= 4 is 21.8 Å². The van der Waals surface area contributed by atoms with Crippen LogP contribution in [0.2, 0.25) is 0 Å². The van der Waals surface area contributed by atoms with Crippen molar-refractivity contribution < 1.29 is 0 Å². The van der Waals surface area contributed by atoms with Crippen LogP contribution in [0.4, 0.5) is 0 Å². The molecule has 2 heteroatoms. The minimum atomic E-state index is 0.467. The minimum Gasteiger partial charge on any atom is -0.344 e. The van der Waals surface area contributed by atoms with Crippen LogP contribution in [-0.2, 0) is 13.1 Å². The summed E-state index contributed by atoms with van der Waals surface area (Å²) in [4.78, 5) is 0. The van der Waals surface area contributed by atoms with Crippen molar-refractivity contribution in [1.82, 2.24) is 9.13 Å². The zero-order valence-electron chi connectivity index (χ0n) is 15.8. The first-order valence-corrected chi connectivity index (χ1v) is 10.1. The molecule has 2 aromatic heterocycles. The molecule has 2 nitrogen and oxygen atoms in total. The summed E-state index contributed by atoms with van der Waals surface area (Å²) in [7, 11) is 0. The van der Waals surface area contributed by atoms with E-state index in [1.165, 1.54) is 45.0 Å². The molecule has 0 bridgehead atoms. The van der Waals surface area contributed by atoms with Crippen molar-refractivity contribution in [2.45, 2.75) is 25.4 Å². The highest BCUT2D eigenvalue weighted by atomic mass is 15.0. The number of aromatic nitrogens is 2. The number of hydrogen-bond acceptors (Lipinski definition) is 0. The summed E-state index contributed by atoms with van der Waals surface area (Å²) in [5, 5.41) is 2.75. The van der Waals surface area contributed by atoms with Crippen LogP contribution in [0.25, 0.3) is 21.8 Å². The molecular formula is C26H22N2. The number of hydrogen-bond donors (Lipinski definition) is 0. The van der Waals surface area contributed by atoms with Crippen molar-refractivity contribution in [1.29, 1.82) is 0 Å². The zero-order valence-corrected chi connectivity index (χ0v) is 15.8. The van der Waals surface area contributed by atoms with Gasteiger partial charge in [0.2, 0.25) is 0 Å². The fourth-order valence-electron chi connectivity index (χ4n) is 4.95. The van der Waals surface area contributed by atoms with Crippen LogP contribution >= 0.6 is 0 Å². The highest BCUT2D eigenvalue weighted by molar-refractivity contribution is 5.87. The molecule has 1 aliphatic heterocycles. The van der Waals surface area contributed by atoms with Gasteiger partial charge >= 0.3 is 0 Å². The van der Waals surface area contributed by atoms with Gasteiger partial charge in [0.15, 0.2) is 0 Å². The Labute approximate surface area is 164 Å².